The summed E-state index contributed by atoms with van der Waals surface area (Å²) in [5, 5.41) is 6.67. The lowest BCUT2D eigenvalue weighted by atomic mass is 10.1. The Bertz CT molecular complexity index is 925. The van der Waals surface area contributed by atoms with Gasteiger partial charge in [0.15, 0.2) is 0 Å². The minimum Gasteiger partial charge on any atom is -0.353 e. The zero-order valence-electron chi connectivity index (χ0n) is 21.1. The molecule has 10 nitrogen and oxygen atoms in total. The van der Waals surface area contributed by atoms with Crippen LogP contribution in [0.3, 0.4) is 0 Å². The third-order valence-electron chi connectivity index (χ3n) is 5.51. The normalized spacial score (nSPS) is 11.7. The second kappa shape index (κ2) is 14.0. The predicted octanol–water partition coefficient (Wildman–Crippen LogP) is 2.34. The second-order valence-electron chi connectivity index (χ2n) is 8.05. The molecule has 3 N–H and O–H groups in total. The van der Waals surface area contributed by atoms with Crippen molar-refractivity contribution in [3.05, 3.63) is 35.7 Å². The zero-order valence-corrected chi connectivity index (χ0v) is 22.0. The number of nitrogens with one attached hydrogen (secondary N) is 3. The molecule has 2 rings (SSSR count). The molecule has 0 aliphatic carbocycles. The maximum atomic E-state index is 11.4. The van der Waals surface area contributed by atoms with E-state index >= 15 is 0 Å². The first-order valence-electron chi connectivity index (χ1n) is 12.0. The molecule has 0 fully saturated rings. The summed E-state index contributed by atoms with van der Waals surface area (Å²) in [6.45, 7) is 15.9. The van der Waals surface area contributed by atoms with Crippen molar-refractivity contribution in [3.63, 3.8) is 0 Å². The minimum absolute atomic E-state index is 0.511. The maximum absolute atomic E-state index is 11.4. The Morgan fingerprint density at radius 1 is 0.765 bits per heavy atom. The standard InChI is InChI=1S/C23H40N8O2S/c1-6-30(7-2)16-14-24-22-26-21(27-23(28-22)25-15-17-31(8-3)9-4)18-19-10-12-20(13-11-19)29-34(5,32)33/h10-13,29H,6-9,14-18H2,1-5H3,(H2,24,25,26,27,28). The van der Waals surface area contributed by atoms with Crippen LogP contribution in [0.2, 0.25) is 0 Å². The van der Waals surface area contributed by atoms with Crippen LogP contribution in [0.5, 0.6) is 0 Å². The Kier molecular flexibility index (Phi) is 11.4. The molecule has 0 unspecified atom stereocenters. The van der Waals surface area contributed by atoms with E-state index in [1.807, 2.05) is 12.1 Å². The van der Waals surface area contributed by atoms with Gasteiger partial charge in [0.2, 0.25) is 21.9 Å². The molecule has 0 bridgehead atoms. The Morgan fingerprint density at radius 2 is 1.24 bits per heavy atom. The van der Waals surface area contributed by atoms with E-state index in [1.165, 1.54) is 0 Å². The summed E-state index contributed by atoms with van der Waals surface area (Å²) in [6, 6.07) is 7.23. The van der Waals surface area contributed by atoms with Gasteiger partial charge in [-0.25, -0.2) is 8.42 Å². The summed E-state index contributed by atoms with van der Waals surface area (Å²) in [6.07, 6.45) is 1.65. The lowest BCUT2D eigenvalue weighted by Crippen LogP contribution is -2.30. The van der Waals surface area contributed by atoms with Gasteiger partial charge in [-0.1, -0.05) is 39.8 Å². The summed E-state index contributed by atoms with van der Waals surface area (Å²) in [4.78, 5) is 18.5. The average molecular weight is 493 g/mol. The average Bonchev–Trinajstić information content (AvgIpc) is 2.80. The van der Waals surface area contributed by atoms with Crippen molar-refractivity contribution in [1.29, 1.82) is 0 Å². The fourth-order valence-electron chi connectivity index (χ4n) is 3.48. The van der Waals surface area contributed by atoms with Gasteiger partial charge in [0, 0.05) is 38.3 Å². The highest BCUT2D eigenvalue weighted by molar-refractivity contribution is 7.92. The number of benzene rings is 1. The maximum Gasteiger partial charge on any atom is 0.229 e. The summed E-state index contributed by atoms with van der Waals surface area (Å²) in [7, 11) is -3.30. The highest BCUT2D eigenvalue weighted by Gasteiger charge is 2.10. The van der Waals surface area contributed by atoms with Crippen molar-refractivity contribution in [2.24, 2.45) is 0 Å². The summed E-state index contributed by atoms with van der Waals surface area (Å²) in [5.74, 6) is 1.75. The van der Waals surface area contributed by atoms with E-state index in [9.17, 15) is 8.42 Å². The van der Waals surface area contributed by atoms with Crippen LogP contribution in [0.25, 0.3) is 0 Å². The summed E-state index contributed by atoms with van der Waals surface area (Å²) < 4.78 is 25.3. The number of hydrogen-bond acceptors (Lipinski definition) is 9. The molecule has 0 atom stereocenters. The smallest absolute Gasteiger partial charge is 0.229 e. The molecule has 0 aliphatic rings. The SMILES string of the molecule is CCN(CC)CCNc1nc(Cc2ccc(NS(C)(=O)=O)cc2)nc(NCCN(CC)CC)n1. The highest BCUT2D eigenvalue weighted by atomic mass is 32.2. The number of aromatic nitrogens is 3. The van der Waals surface area contributed by atoms with Gasteiger partial charge in [-0.15, -0.1) is 0 Å². The molecule has 0 spiro atoms. The second-order valence-corrected chi connectivity index (χ2v) is 9.80. The van der Waals surface area contributed by atoms with Gasteiger partial charge in [0.1, 0.15) is 5.82 Å². The molecule has 0 radical (unpaired) electrons. The van der Waals surface area contributed by atoms with Crippen LogP contribution >= 0.6 is 0 Å². The molecule has 1 aromatic carbocycles. The topological polar surface area (TPSA) is 115 Å². The predicted molar refractivity (Wildman–Crippen MR) is 140 cm³/mol. The molecule has 0 aliphatic heterocycles. The number of sulfonamides is 1. The van der Waals surface area contributed by atoms with Crippen LogP contribution in [0, 0.1) is 0 Å². The first-order valence-corrected chi connectivity index (χ1v) is 13.9. The third-order valence-corrected chi connectivity index (χ3v) is 6.12. The molecule has 11 heteroatoms. The first kappa shape index (κ1) is 27.7. The van der Waals surface area contributed by atoms with E-state index in [0.29, 0.717) is 29.8 Å². The molecule has 1 aromatic heterocycles. The van der Waals surface area contributed by atoms with Gasteiger partial charge in [-0.05, 0) is 43.9 Å². The number of hydrogen-bond donors (Lipinski definition) is 3. The van der Waals surface area contributed by atoms with Crippen LogP contribution < -0.4 is 15.4 Å². The van der Waals surface area contributed by atoms with E-state index in [4.69, 9.17) is 0 Å². The molecular weight excluding hydrogens is 452 g/mol. The molecule has 2 aromatic rings. The van der Waals surface area contributed by atoms with E-state index in [0.717, 1.165) is 64.2 Å². The molecule has 0 amide bonds. The van der Waals surface area contributed by atoms with Crippen molar-refractivity contribution >= 4 is 27.6 Å². The molecule has 34 heavy (non-hydrogen) atoms. The van der Waals surface area contributed by atoms with Crippen LogP contribution in [0.4, 0.5) is 17.6 Å². The third kappa shape index (κ3) is 10.2. The summed E-state index contributed by atoms with van der Waals surface area (Å²) in [5.41, 5.74) is 1.51. The van der Waals surface area contributed by atoms with Crippen molar-refractivity contribution in [2.45, 2.75) is 34.1 Å². The fraction of sp³-hybridized carbons (Fsp3) is 0.609. The van der Waals surface area contributed by atoms with Gasteiger partial charge in [0.05, 0.1) is 6.26 Å². The fourth-order valence-corrected chi connectivity index (χ4v) is 4.04. The number of anilines is 3. The molecule has 190 valence electrons. The largest absolute Gasteiger partial charge is 0.353 e. The molecule has 0 saturated heterocycles. The Balaban J connectivity index is 2.12. The van der Waals surface area contributed by atoms with Gasteiger partial charge >= 0.3 is 0 Å². The Labute approximate surface area is 204 Å². The Morgan fingerprint density at radius 3 is 1.65 bits per heavy atom. The Hall–Kier alpha value is -2.50. The summed E-state index contributed by atoms with van der Waals surface area (Å²) >= 11 is 0. The molecule has 1 heterocycles. The van der Waals surface area contributed by atoms with Crippen molar-refractivity contribution in [1.82, 2.24) is 24.8 Å². The monoisotopic (exact) mass is 492 g/mol. The van der Waals surface area contributed by atoms with Crippen LogP contribution in [0.1, 0.15) is 39.1 Å². The van der Waals surface area contributed by atoms with Gasteiger partial charge < -0.3 is 20.4 Å². The lowest BCUT2D eigenvalue weighted by molar-refractivity contribution is 0.315. The van der Waals surface area contributed by atoms with Crippen LogP contribution in [0.15, 0.2) is 24.3 Å². The van der Waals surface area contributed by atoms with E-state index < -0.39 is 10.0 Å². The van der Waals surface area contributed by atoms with Crippen LogP contribution in [-0.2, 0) is 16.4 Å². The van der Waals surface area contributed by atoms with Crippen molar-refractivity contribution in [3.8, 4) is 0 Å². The molecular formula is C23H40N8O2S. The van der Waals surface area contributed by atoms with Gasteiger partial charge in [-0.3, -0.25) is 4.72 Å². The zero-order chi connectivity index (χ0) is 25.0. The number of likely N-dealkylation sites (N-methyl/N-ethyl adjacent to an activating group) is 2. The highest BCUT2D eigenvalue weighted by Crippen LogP contribution is 2.15. The number of rotatable bonds is 16. The lowest BCUT2D eigenvalue weighted by Gasteiger charge is -2.19. The van der Waals surface area contributed by atoms with E-state index in [-0.39, 0.29) is 0 Å². The van der Waals surface area contributed by atoms with Gasteiger partial charge in [-0.2, -0.15) is 15.0 Å². The first-order chi connectivity index (χ1) is 16.3. The quantitative estimate of drug-likeness (QED) is 0.325. The van der Waals surface area contributed by atoms with E-state index in [2.05, 4.69) is 67.8 Å². The minimum atomic E-state index is -3.30. The van der Waals surface area contributed by atoms with Crippen molar-refractivity contribution in [2.75, 3.05) is 74.0 Å². The molecule has 0 saturated carbocycles. The van der Waals surface area contributed by atoms with Gasteiger partial charge in [0.25, 0.3) is 0 Å². The number of nitrogens with zero attached hydrogens (tertiary/aromatic N) is 5. The van der Waals surface area contributed by atoms with Crippen molar-refractivity contribution < 1.29 is 8.42 Å². The van der Waals surface area contributed by atoms with Crippen LogP contribution in [-0.4, -0.2) is 91.8 Å². The van der Waals surface area contributed by atoms with E-state index in [1.54, 1.807) is 12.1 Å².